The van der Waals surface area contributed by atoms with Crippen molar-refractivity contribution in [3.63, 3.8) is 0 Å². The van der Waals surface area contributed by atoms with Crippen molar-refractivity contribution in [3.8, 4) is 0 Å². The van der Waals surface area contributed by atoms with Crippen molar-refractivity contribution in [2.24, 2.45) is 0 Å². The van der Waals surface area contributed by atoms with Crippen molar-refractivity contribution in [1.82, 2.24) is 4.90 Å². The van der Waals surface area contributed by atoms with E-state index < -0.39 is 35.3 Å². The molecule has 0 aromatic heterocycles. The summed E-state index contributed by atoms with van der Waals surface area (Å²) >= 11 is 9.72. The number of alkyl halides is 3. The lowest BCUT2D eigenvalue weighted by atomic mass is 10.1. The summed E-state index contributed by atoms with van der Waals surface area (Å²) in [5.41, 5.74) is -0.382. The first kappa shape index (κ1) is 22.4. The minimum atomic E-state index is -4.53. The van der Waals surface area contributed by atoms with E-state index in [9.17, 15) is 27.6 Å². The zero-order chi connectivity index (χ0) is 22.1. The van der Waals surface area contributed by atoms with Gasteiger partial charge in [-0.15, -0.1) is 0 Å². The molecule has 0 saturated carbocycles. The predicted molar refractivity (Wildman–Crippen MR) is 112 cm³/mol. The largest absolute Gasteiger partial charge is 0.416 e. The number of benzene rings is 2. The van der Waals surface area contributed by atoms with Gasteiger partial charge in [0, 0.05) is 10.2 Å². The van der Waals surface area contributed by atoms with Crippen LogP contribution in [0.5, 0.6) is 0 Å². The fourth-order valence-corrected chi connectivity index (χ4v) is 3.78. The topological polar surface area (TPSA) is 66.5 Å². The highest BCUT2D eigenvalue weighted by atomic mass is 79.9. The summed E-state index contributed by atoms with van der Waals surface area (Å²) in [5, 5.41) is 2.19. The highest BCUT2D eigenvalue weighted by Gasteiger charge is 2.36. The number of amides is 3. The highest BCUT2D eigenvalue weighted by Crippen LogP contribution is 2.34. The minimum absolute atomic E-state index is 0.0705. The normalized spacial score (nSPS) is 15.8. The van der Waals surface area contributed by atoms with Crippen LogP contribution in [0.2, 0.25) is 5.02 Å². The third kappa shape index (κ3) is 5.24. The van der Waals surface area contributed by atoms with Crippen LogP contribution < -0.4 is 5.32 Å². The maximum Gasteiger partial charge on any atom is 0.416 e. The number of nitrogens with one attached hydrogen (secondary N) is 1. The van der Waals surface area contributed by atoms with Crippen LogP contribution in [0.4, 0.5) is 23.7 Å². The van der Waals surface area contributed by atoms with Crippen molar-refractivity contribution >= 4 is 68.1 Å². The molecule has 0 radical (unpaired) electrons. The summed E-state index contributed by atoms with van der Waals surface area (Å²) in [6, 6.07) is 9.05. The van der Waals surface area contributed by atoms with E-state index in [1.807, 2.05) is 0 Å². The SMILES string of the molecule is O=C(CN1C(=O)S/C(=C/c2cccc(C(F)(F)F)c2)C1=O)Nc1ccc(Br)c(Cl)c1. The lowest BCUT2D eigenvalue weighted by Gasteiger charge is -2.12. The Hall–Kier alpha value is -2.30. The van der Waals surface area contributed by atoms with Crippen LogP contribution >= 0.6 is 39.3 Å². The highest BCUT2D eigenvalue weighted by molar-refractivity contribution is 9.10. The molecule has 0 bridgehead atoms. The number of halogens is 5. The van der Waals surface area contributed by atoms with E-state index in [0.29, 0.717) is 26.9 Å². The van der Waals surface area contributed by atoms with Gasteiger partial charge in [-0.3, -0.25) is 19.3 Å². The van der Waals surface area contributed by atoms with E-state index in [4.69, 9.17) is 11.6 Å². The smallest absolute Gasteiger partial charge is 0.324 e. The molecule has 3 rings (SSSR count). The number of anilines is 1. The van der Waals surface area contributed by atoms with Gasteiger partial charge in [-0.1, -0.05) is 23.7 Å². The number of rotatable bonds is 4. The predicted octanol–water partition coefficient (Wildman–Crippen LogP) is 5.80. The summed E-state index contributed by atoms with van der Waals surface area (Å²) in [4.78, 5) is 37.5. The summed E-state index contributed by atoms with van der Waals surface area (Å²) < 4.78 is 39.2. The van der Waals surface area contributed by atoms with Gasteiger partial charge in [0.15, 0.2) is 0 Å². The van der Waals surface area contributed by atoms with Crippen molar-refractivity contribution in [2.45, 2.75) is 6.18 Å². The van der Waals surface area contributed by atoms with E-state index in [1.54, 1.807) is 12.1 Å². The number of nitrogens with zero attached hydrogens (tertiary/aromatic N) is 1. The number of hydrogen-bond acceptors (Lipinski definition) is 4. The first-order valence-electron chi connectivity index (χ1n) is 8.22. The van der Waals surface area contributed by atoms with E-state index in [-0.39, 0.29) is 10.5 Å². The van der Waals surface area contributed by atoms with Crippen LogP contribution in [0.3, 0.4) is 0 Å². The molecule has 1 N–H and O–H groups in total. The Balaban J connectivity index is 1.72. The number of thioether (sulfide) groups is 1. The lowest BCUT2D eigenvalue weighted by molar-refractivity contribution is -0.137. The van der Waals surface area contributed by atoms with Crippen molar-refractivity contribution < 1.29 is 27.6 Å². The summed E-state index contributed by atoms with van der Waals surface area (Å²) in [5.74, 6) is -1.39. The molecule has 3 amide bonds. The molecule has 11 heteroatoms. The van der Waals surface area contributed by atoms with Gasteiger partial charge in [-0.25, -0.2) is 0 Å². The second-order valence-electron chi connectivity index (χ2n) is 6.07. The van der Waals surface area contributed by atoms with Gasteiger partial charge < -0.3 is 5.32 Å². The molecule has 1 fully saturated rings. The average Bonchev–Trinajstić information content (AvgIpc) is 2.92. The van der Waals surface area contributed by atoms with Crippen LogP contribution in [0.15, 0.2) is 51.8 Å². The van der Waals surface area contributed by atoms with Crippen molar-refractivity contribution in [1.29, 1.82) is 0 Å². The second kappa shape index (κ2) is 8.83. The van der Waals surface area contributed by atoms with Crippen molar-refractivity contribution in [3.05, 3.63) is 68.0 Å². The van der Waals surface area contributed by atoms with Gasteiger partial charge >= 0.3 is 6.18 Å². The molecular weight excluding hydrogens is 509 g/mol. The van der Waals surface area contributed by atoms with Gasteiger partial charge in [-0.05, 0) is 69.7 Å². The minimum Gasteiger partial charge on any atom is -0.324 e. The van der Waals surface area contributed by atoms with E-state index in [0.717, 1.165) is 17.0 Å². The zero-order valence-corrected chi connectivity index (χ0v) is 18.0. The Morgan fingerprint density at radius 1 is 1.20 bits per heavy atom. The maximum atomic E-state index is 12.8. The molecule has 2 aromatic carbocycles. The Labute approximate surface area is 186 Å². The molecule has 1 aliphatic rings. The molecule has 5 nitrogen and oxygen atoms in total. The quantitative estimate of drug-likeness (QED) is 0.519. The van der Waals surface area contributed by atoms with E-state index in [1.165, 1.54) is 24.3 Å². The van der Waals surface area contributed by atoms with Gasteiger partial charge in [0.05, 0.1) is 15.5 Å². The molecule has 0 aliphatic carbocycles. The third-order valence-electron chi connectivity index (χ3n) is 3.89. The van der Waals surface area contributed by atoms with Gasteiger partial charge in [0.25, 0.3) is 11.1 Å². The monoisotopic (exact) mass is 518 g/mol. The van der Waals surface area contributed by atoms with E-state index in [2.05, 4.69) is 21.2 Å². The number of imide groups is 1. The molecule has 30 heavy (non-hydrogen) atoms. The standard InChI is InChI=1S/C19H11BrClF3N2O3S/c20-13-5-4-12(8-14(13)21)25-16(27)9-26-17(28)15(30-18(26)29)7-10-2-1-3-11(6-10)19(22,23)24/h1-8H,9H2,(H,25,27)/b15-7+. The lowest BCUT2D eigenvalue weighted by Crippen LogP contribution is -2.36. The molecule has 2 aromatic rings. The Bertz CT molecular complexity index is 1080. The number of carbonyl (C=O) groups excluding carboxylic acids is 3. The van der Waals surface area contributed by atoms with E-state index >= 15 is 0 Å². The van der Waals surface area contributed by atoms with Crippen molar-refractivity contribution in [2.75, 3.05) is 11.9 Å². The Morgan fingerprint density at radius 2 is 1.93 bits per heavy atom. The summed E-state index contributed by atoms with van der Waals surface area (Å²) in [6.45, 7) is -0.543. The first-order chi connectivity index (χ1) is 14.0. The third-order valence-corrected chi connectivity index (χ3v) is 6.03. The number of carbonyl (C=O) groups is 3. The molecule has 0 atom stereocenters. The summed E-state index contributed by atoms with van der Waals surface area (Å²) in [6.07, 6.45) is -3.34. The van der Waals surface area contributed by atoms with Gasteiger partial charge in [0.1, 0.15) is 6.54 Å². The Kier molecular flexibility index (Phi) is 6.59. The molecular formula is C19H11BrClF3N2O3S. The first-order valence-corrected chi connectivity index (χ1v) is 10.2. The zero-order valence-electron chi connectivity index (χ0n) is 14.8. The molecule has 0 unspecified atom stereocenters. The van der Waals surface area contributed by atoms with Crippen LogP contribution in [-0.4, -0.2) is 28.5 Å². The van der Waals surface area contributed by atoms with Crippen LogP contribution in [-0.2, 0) is 15.8 Å². The van der Waals surface area contributed by atoms with Crippen LogP contribution in [0.25, 0.3) is 6.08 Å². The number of hydrogen-bond donors (Lipinski definition) is 1. The van der Waals surface area contributed by atoms with Gasteiger partial charge in [-0.2, -0.15) is 13.2 Å². The fourth-order valence-electron chi connectivity index (χ4n) is 2.51. The fraction of sp³-hybridized carbons (Fsp3) is 0.105. The summed E-state index contributed by atoms with van der Waals surface area (Å²) in [7, 11) is 0. The molecule has 0 spiro atoms. The van der Waals surface area contributed by atoms with Crippen LogP contribution in [0.1, 0.15) is 11.1 Å². The molecule has 1 aliphatic heterocycles. The Morgan fingerprint density at radius 3 is 2.60 bits per heavy atom. The molecule has 1 heterocycles. The maximum absolute atomic E-state index is 12.8. The molecule has 156 valence electrons. The second-order valence-corrected chi connectivity index (χ2v) is 8.32. The van der Waals surface area contributed by atoms with Gasteiger partial charge in [0.2, 0.25) is 5.91 Å². The van der Waals surface area contributed by atoms with Crippen LogP contribution in [0, 0.1) is 0 Å². The average molecular weight is 520 g/mol. The molecule has 1 saturated heterocycles.